The highest BCUT2D eigenvalue weighted by Crippen LogP contribution is 2.09. The summed E-state index contributed by atoms with van der Waals surface area (Å²) in [6.45, 7) is 6.43. The summed E-state index contributed by atoms with van der Waals surface area (Å²) < 4.78 is 1.95. The maximum atomic E-state index is 4.65. The number of hydrogen-bond acceptors (Lipinski definition) is 3. The van der Waals surface area contributed by atoms with Gasteiger partial charge in [0.15, 0.2) is 0 Å². The van der Waals surface area contributed by atoms with Crippen molar-refractivity contribution in [3.05, 3.63) is 48.3 Å². The summed E-state index contributed by atoms with van der Waals surface area (Å²) in [5.74, 6) is 0. The predicted molar refractivity (Wildman–Crippen MR) is 76.3 cm³/mol. The molecule has 1 atom stereocenters. The van der Waals surface area contributed by atoms with Gasteiger partial charge in [-0.2, -0.15) is 5.10 Å². The van der Waals surface area contributed by atoms with Gasteiger partial charge >= 0.3 is 0 Å². The highest BCUT2D eigenvalue weighted by molar-refractivity contribution is 5.30. The number of para-hydroxylation sites is 1. The maximum absolute atomic E-state index is 4.65. The molecule has 0 saturated carbocycles. The van der Waals surface area contributed by atoms with E-state index in [0.29, 0.717) is 6.04 Å². The van der Waals surface area contributed by atoms with Crippen LogP contribution in [0.3, 0.4) is 0 Å². The van der Waals surface area contributed by atoms with Gasteiger partial charge in [-0.1, -0.05) is 18.2 Å². The zero-order chi connectivity index (χ0) is 13.1. The number of aromatic nitrogens is 2. The summed E-state index contributed by atoms with van der Waals surface area (Å²) in [4.78, 5) is 2.46. The molecule has 0 amide bonds. The molecule has 0 bridgehead atoms. The second-order valence-corrected chi connectivity index (χ2v) is 5.18. The van der Waals surface area contributed by atoms with E-state index in [0.717, 1.165) is 37.6 Å². The molecule has 0 unspecified atom stereocenters. The van der Waals surface area contributed by atoms with E-state index in [-0.39, 0.29) is 0 Å². The third kappa shape index (κ3) is 3.03. The minimum absolute atomic E-state index is 0.574. The summed E-state index contributed by atoms with van der Waals surface area (Å²) >= 11 is 0. The van der Waals surface area contributed by atoms with Crippen molar-refractivity contribution in [2.24, 2.45) is 0 Å². The number of piperazine rings is 1. The molecule has 0 spiro atoms. The molecule has 1 fully saturated rings. The van der Waals surface area contributed by atoms with Crippen molar-refractivity contribution in [3.8, 4) is 5.69 Å². The summed E-state index contributed by atoms with van der Waals surface area (Å²) in [6, 6.07) is 12.9. The Kier molecular flexibility index (Phi) is 3.62. The first-order chi connectivity index (χ1) is 9.31. The molecule has 1 N–H and O–H groups in total. The lowest BCUT2D eigenvalue weighted by atomic mass is 10.2. The van der Waals surface area contributed by atoms with Crippen LogP contribution in [0.25, 0.3) is 5.69 Å². The van der Waals surface area contributed by atoms with Crippen LogP contribution in [-0.4, -0.2) is 40.4 Å². The molecule has 0 radical (unpaired) electrons. The zero-order valence-electron chi connectivity index (χ0n) is 11.3. The van der Waals surface area contributed by atoms with Gasteiger partial charge in [0, 0.05) is 38.4 Å². The Labute approximate surface area is 114 Å². The van der Waals surface area contributed by atoms with Gasteiger partial charge in [-0.05, 0) is 25.1 Å². The van der Waals surface area contributed by atoms with Crippen LogP contribution in [0, 0.1) is 0 Å². The molecule has 4 nitrogen and oxygen atoms in total. The molecule has 100 valence electrons. The Hall–Kier alpha value is -1.65. The molecule has 2 heterocycles. The van der Waals surface area contributed by atoms with Crippen LogP contribution >= 0.6 is 0 Å². The van der Waals surface area contributed by atoms with Gasteiger partial charge in [-0.15, -0.1) is 0 Å². The van der Waals surface area contributed by atoms with E-state index in [1.165, 1.54) is 0 Å². The highest BCUT2D eigenvalue weighted by atomic mass is 15.3. The van der Waals surface area contributed by atoms with Crippen molar-refractivity contribution in [1.29, 1.82) is 0 Å². The van der Waals surface area contributed by atoms with Crippen molar-refractivity contribution in [3.63, 3.8) is 0 Å². The molecule has 3 rings (SSSR count). The maximum Gasteiger partial charge on any atom is 0.0769 e. The summed E-state index contributed by atoms with van der Waals surface area (Å²) in [7, 11) is 0. The lowest BCUT2D eigenvalue weighted by Gasteiger charge is -2.31. The molecule has 1 aliphatic heterocycles. The Morgan fingerprint density at radius 2 is 2.11 bits per heavy atom. The van der Waals surface area contributed by atoms with E-state index in [4.69, 9.17) is 0 Å². The highest BCUT2D eigenvalue weighted by Gasteiger charge is 2.16. The van der Waals surface area contributed by atoms with Crippen molar-refractivity contribution in [1.82, 2.24) is 20.0 Å². The second kappa shape index (κ2) is 5.55. The molecular weight excluding hydrogens is 236 g/mol. The van der Waals surface area contributed by atoms with Crippen LogP contribution in [0.15, 0.2) is 42.6 Å². The van der Waals surface area contributed by atoms with E-state index in [1.54, 1.807) is 0 Å². The number of rotatable bonds is 3. The molecule has 19 heavy (non-hydrogen) atoms. The van der Waals surface area contributed by atoms with Crippen LogP contribution < -0.4 is 5.32 Å². The standard InChI is InChI=1S/C15H20N4/c1-13-11-18(10-8-16-13)12-14-7-9-19(17-14)15-5-3-2-4-6-15/h2-7,9,13,16H,8,10-12H2,1H3/t13-/m1/s1. The fourth-order valence-electron chi connectivity index (χ4n) is 2.56. The second-order valence-electron chi connectivity index (χ2n) is 5.18. The average Bonchev–Trinajstić information content (AvgIpc) is 2.88. The molecule has 0 aliphatic carbocycles. The first-order valence-electron chi connectivity index (χ1n) is 6.87. The first kappa shape index (κ1) is 12.4. The van der Waals surface area contributed by atoms with Crippen LogP contribution in [0.2, 0.25) is 0 Å². The SMILES string of the molecule is C[C@@H]1CN(Cc2ccn(-c3ccccc3)n2)CCN1. The van der Waals surface area contributed by atoms with Crippen LogP contribution in [0.5, 0.6) is 0 Å². The van der Waals surface area contributed by atoms with E-state index >= 15 is 0 Å². The Balaban J connectivity index is 1.68. The van der Waals surface area contributed by atoms with Gasteiger partial charge in [0.2, 0.25) is 0 Å². The molecular formula is C15H20N4. The molecule has 1 aromatic carbocycles. The predicted octanol–water partition coefficient (Wildman–Crippen LogP) is 1.67. The molecule has 2 aromatic rings. The van der Waals surface area contributed by atoms with Crippen molar-refractivity contribution >= 4 is 0 Å². The van der Waals surface area contributed by atoms with Crippen molar-refractivity contribution < 1.29 is 0 Å². The van der Waals surface area contributed by atoms with Gasteiger partial charge < -0.3 is 5.32 Å². The summed E-state index contributed by atoms with van der Waals surface area (Å²) in [6.07, 6.45) is 2.04. The summed E-state index contributed by atoms with van der Waals surface area (Å²) in [5, 5.41) is 8.12. The minimum atomic E-state index is 0.574. The van der Waals surface area contributed by atoms with Gasteiger partial charge in [0.05, 0.1) is 11.4 Å². The number of nitrogens with one attached hydrogen (secondary N) is 1. The van der Waals surface area contributed by atoms with Gasteiger partial charge in [-0.25, -0.2) is 4.68 Å². The molecule has 1 aromatic heterocycles. The smallest absolute Gasteiger partial charge is 0.0769 e. The van der Waals surface area contributed by atoms with Crippen LogP contribution in [-0.2, 0) is 6.54 Å². The normalized spacial score (nSPS) is 20.6. The monoisotopic (exact) mass is 256 g/mol. The zero-order valence-corrected chi connectivity index (χ0v) is 11.3. The number of nitrogens with zero attached hydrogens (tertiary/aromatic N) is 3. The van der Waals surface area contributed by atoms with Crippen LogP contribution in [0.4, 0.5) is 0 Å². The number of hydrogen-bond donors (Lipinski definition) is 1. The van der Waals surface area contributed by atoms with Gasteiger partial charge in [0.1, 0.15) is 0 Å². The lowest BCUT2D eigenvalue weighted by molar-refractivity contribution is 0.197. The van der Waals surface area contributed by atoms with Gasteiger partial charge in [0.25, 0.3) is 0 Å². The summed E-state index contributed by atoms with van der Waals surface area (Å²) in [5.41, 5.74) is 2.25. The third-order valence-corrected chi connectivity index (χ3v) is 3.50. The minimum Gasteiger partial charge on any atom is -0.312 e. The lowest BCUT2D eigenvalue weighted by Crippen LogP contribution is -2.48. The topological polar surface area (TPSA) is 33.1 Å². The first-order valence-corrected chi connectivity index (χ1v) is 6.87. The molecule has 1 saturated heterocycles. The average molecular weight is 256 g/mol. The van der Waals surface area contributed by atoms with E-state index in [9.17, 15) is 0 Å². The van der Waals surface area contributed by atoms with E-state index in [2.05, 4.69) is 40.4 Å². The third-order valence-electron chi connectivity index (χ3n) is 3.50. The van der Waals surface area contributed by atoms with E-state index in [1.807, 2.05) is 29.1 Å². The fraction of sp³-hybridized carbons (Fsp3) is 0.400. The molecule has 1 aliphatic rings. The van der Waals surface area contributed by atoms with Crippen LogP contribution in [0.1, 0.15) is 12.6 Å². The quantitative estimate of drug-likeness (QED) is 0.907. The number of benzene rings is 1. The van der Waals surface area contributed by atoms with Gasteiger partial charge in [-0.3, -0.25) is 4.90 Å². The van der Waals surface area contributed by atoms with Crippen molar-refractivity contribution in [2.45, 2.75) is 19.5 Å². The van der Waals surface area contributed by atoms with Crippen molar-refractivity contribution in [2.75, 3.05) is 19.6 Å². The largest absolute Gasteiger partial charge is 0.312 e. The fourth-order valence-corrected chi connectivity index (χ4v) is 2.56. The molecule has 4 heteroatoms. The Morgan fingerprint density at radius 1 is 1.26 bits per heavy atom. The Morgan fingerprint density at radius 3 is 2.89 bits per heavy atom. The Bertz CT molecular complexity index is 520. The van der Waals surface area contributed by atoms with E-state index < -0.39 is 0 Å².